The molecule has 28 heavy (non-hydrogen) atoms. The fourth-order valence-electron chi connectivity index (χ4n) is 2.95. The molecule has 150 valence electrons. The number of rotatable bonds is 7. The first-order chi connectivity index (χ1) is 13.1. The maximum atomic E-state index is 12.6. The van der Waals surface area contributed by atoms with Gasteiger partial charge in [-0.05, 0) is 31.9 Å². The van der Waals surface area contributed by atoms with Gasteiger partial charge in [-0.15, -0.1) is 0 Å². The molecule has 0 fully saturated rings. The van der Waals surface area contributed by atoms with Crippen molar-refractivity contribution in [2.45, 2.75) is 25.7 Å². The number of ether oxygens (including phenoxy) is 2. The molecule has 0 spiro atoms. The molecule has 0 aliphatic carbocycles. The largest absolute Gasteiger partial charge is 0.496 e. The van der Waals surface area contributed by atoms with E-state index >= 15 is 0 Å². The molecule has 2 aromatic rings. The Morgan fingerprint density at radius 3 is 2.11 bits per heavy atom. The number of nitrogens with zero attached hydrogens (tertiary/aromatic N) is 2. The molecule has 2 rings (SSSR count). The SMILES string of the molecule is COc1cc(OC)c([N+](=O)[O-])cc1/C=N/NS(=O)(=O)c1c(C)cc(C)cc1C. The van der Waals surface area contributed by atoms with Crippen molar-refractivity contribution in [3.8, 4) is 11.5 Å². The zero-order valence-electron chi connectivity index (χ0n) is 16.1. The molecule has 2 aromatic carbocycles. The van der Waals surface area contributed by atoms with Crippen LogP contribution in [0.15, 0.2) is 34.3 Å². The lowest BCUT2D eigenvalue weighted by Crippen LogP contribution is -2.20. The van der Waals surface area contributed by atoms with Crippen molar-refractivity contribution in [2.75, 3.05) is 14.2 Å². The minimum atomic E-state index is -3.91. The fourth-order valence-corrected chi connectivity index (χ4v) is 4.20. The van der Waals surface area contributed by atoms with Crippen LogP contribution < -0.4 is 14.3 Å². The number of nitro benzene ring substituents is 1. The molecule has 0 saturated carbocycles. The van der Waals surface area contributed by atoms with Gasteiger partial charge in [0, 0.05) is 17.7 Å². The Hall–Kier alpha value is -3.14. The highest BCUT2D eigenvalue weighted by Gasteiger charge is 2.21. The summed E-state index contributed by atoms with van der Waals surface area (Å²) in [6, 6.07) is 6.06. The number of hydrazone groups is 1. The van der Waals surface area contributed by atoms with Crippen molar-refractivity contribution in [1.82, 2.24) is 4.83 Å². The minimum Gasteiger partial charge on any atom is -0.496 e. The third-order valence-electron chi connectivity index (χ3n) is 3.98. The Balaban J connectivity index is 2.39. The maximum absolute atomic E-state index is 12.6. The molecule has 0 aliphatic heterocycles. The Labute approximate surface area is 163 Å². The molecule has 0 atom stereocenters. The Kier molecular flexibility index (Phi) is 6.24. The van der Waals surface area contributed by atoms with Crippen LogP contribution in [0.1, 0.15) is 22.3 Å². The maximum Gasteiger partial charge on any atom is 0.311 e. The number of sulfonamides is 1. The van der Waals surface area contributed by atoms with E-state index in [1.54, 1.807) is 26.0 Å². The molecule has 0 unspecified atom stereocenters. The summed E-state index contributed by atoms with van der Waals surface area (Å²) in [4.78, 5) is 12.8. The number of nitro groups is 1. The number of benzene rings is 2. The average Bonchev–Trinajstić information content (AvgIpc) is 2.59. The van der Waals surface area contributed by atoms with Gasteiger partial charge in [-0.3, -0.25) is 10.1 Å². The van der Waals surface area contributed by atoms with Gasteiger partial charge in [0.25, 0.3) is 10.0 Å². The zero-order valence-corrected chi connectivity index (χ0v) is 17.0. The first kappa shape index (κ1) is 21.2. The van der Waals surface area contributed by atoms with Crippen LogP contribution in [-0.4, -0.2) is 33.8 Å². The lowest BCUT2D eigenvalue weighted by molar-refractivity contribution is -0.385. The summed E-state index contributed by atoms with van der Waals surface area (Å²) in [7, 11) is -1.24. The number of hydrogen-bond donors (Lipinski definition) is 1. The summed E-state index contributed by atoms with van der Waals surface area (Å²) < 4.78 is 35.4. The average molecular weight is 407 g/mol. The summed E-state index contributed by atoms with van der Waals surface area (Å²) in [5.41, 5.74) is 2.07. The van der Waals surface area contributed by atoms with Crippen LogP contribution in [0.25, 0.3) is 0 Å². The molecule has 9 nitrogen and oxygen atoms in total. The molecule has 0 heterocycles. The van der Waals surface area contributed by atoms with Crippen molar-refractivity contribution < 1.29 is 22.8 Å². The lowest BCUT2D eigenvalue weighted by atomic mass is 10.1. The first-order valence-corrected chi connectivity index (χ1v) is 9.62. The molecular weight excluding hydrogens is 386 g/mol. The van der Waals surface area contributed by atoms with E-state index in [2.05, 4.69) is 9.93 Å². The van der Waals surface area contributed by atoms with Crippen LogP contribution in [0.5, 0.6) is 11.5 Å². The van der Waals surface area contributed by atoms with Gasteiger partial charge in [0.15, 0.2) is 0 Å². The van der Waals surface area contributed by atoms with Crippen molar-refractivity contribution in [1.29, 1.82) is 0 Å². The zero-order chi connectivity index (χ0) is 21.1. The van der Waals surface area contributed by atoms with E-state index in [1.165, 1.54) is 26.4 Å². The van der Waals surface area contributed by atoms with E-state index in [9.17, 15) is 18.5 Å². The summed E-state index contributed by atoms with van der Waals surface area (Å²) in [6.07, 6.45) is 1.14. The second-order valence-electron chi connectivity index (χ2n) is 6.10. The van der Waals surface area contributed by atoms with Gasteiger partial charge in [0.2, 0.25) is 5.75 Å². The molecule has 0 aliphatic rings. The van der Waals surface area contributed by atoms with Gasteiger partial charge < -0.3 is 9.47 Å². The predicted molar refractivity (Wildman–Crippen MR) is 105 cm³/mol. The highest BCUT2D eigenvalue weighted by atomic mass is 32.2. The van der Waals surface area contributed by atoms with E-state index in [4.69, 9.17) is 9.47 Å². The molecule has 0 bridgehead atoms. The van der Waals surface area contributed by atoms with E-state index in [-0.39, 0.29) is 27.6 Å². The van der Waals surface area contributed by atoms with Gasteiger partial charge >= 0.3 is 5.69 Å². The molecule has 0 radical (unpaired) electrons. The lowest BCUT2D eigenvalue weighted by Gasteiger charge is -2.11. The van der Waals surface area contributed by atoms with Crippen LogP contribution in [0.4, 0.5) is 5.69 Å². The number of aryl methyl sites for hydroxylation is 3. The third-order valence-corrected chi connectivity index (χ3v) is 5.50. The van der Waals surface area contributed by atoms with E-state index in [0.29, 0.717) is 11.1 Å². The summed E-state index contributed by atoms with van der Waals surface area (Å²) in [6.45, 7) is 5.28. The van der Waals surface area contributed by atoms with Crippen LogP contribution in [0.3, 0.4) is 0 Å². The predicted octanol–water partition coefficient (Wildman–Crippen LogP) is 2.85. The second-order valence-corrected chi connectivity index (χ2v) is 7.70. The number of nitrogens with one attached hydrogen (secondary N) is 1. The standard InChI is InChI=1S/C18H21N3O6S/c1-11-6-12(2)18(13(3)7-11)28(24,25)20-19-10-14-8-15(21(22)23)17(27-5)9-16(14)26-4/h6-10,20H,1-5H3/b19-10+. The molecule has 0 saturated heterocycles. The van der Waals surface area contributed by atoms with Crippen molar-refractivity contribution in [3.63, 3.8) is 0 Å². The quantitative estimate of drug-likeness (QED) is 0.428. The topological polar surface area (TPSA) is 120 Å². The van der Waals surface area contributed by atoms with Gasteiger partial charge in [0.05, 0.1) is 30.3 Å². The molecule has 10 heteroatoms. The molecule has 0 aromatic heterocycles. The third kappa shape index (κ3) is 4.39. The molecule has 0 amide bonds. The van der Waals surface area contributed by atoms with Gasteiger partial charge in [-0.25, -0.2) is 4.83 Å². The molecular formula is C18H21N3O6S. The minimum absolute atomic E-state index is 0.0190. The fraction of sp³-hybridized carbons (Fsp3) is 0.278. The second kappa shape index (κ2) is 8.26. The Morgan fingerprint density at radius 1 is 1.04 bits per heavy atom. The Morgan fingerprint density at radius 2 is 1.61 bits per heavy atom. The van der Waals surface area contributed by atoms with Crippen molar-refractivity contribution >= 4 is 21.9 Å². The highest BCUT2D eigenvalue weighted by molar-refractivity contribution is 7.89. The first-order valence-electron chi connectivity index (χ1n) is 8.13. The van der Waals surface area contributed by atoms with Gasteiger partial charge in [0.1, 0.15) is 5.75 Å². The Bertz CT molecular complexity index is 1020. The van der Waals surface area contributed by atoms with Crippen molar-refractivity contribution in [2.24, 2.45) is 5.10 Å². The van der Waals surface area contributed by atoms with Crippen LogP contribution in [-0.2, 0) is 10.0 Å². The smallest absolute Gasteiger partial charge is 0.311 e. The van der Waals surface area contributed by atoms with Crippen LogP contribution >= 0.6 is 0 Å². The summed E-state index contributed by atoms with van der Waals surface area (Å²) in [5.74, 6) is 0.263. The van der Waals surface area contributed by atoms with Crippen LogP contribution in [0.2, 0.25) is 0 Å². The molecule has 1 N–H and O–H groups in total. The van der Waals surface area contributed by atoms with E-state index in [0.717, 1.165) is 11.8 Å². The van der Waals surface area contributed by atoms with Gasteiger partial charge in [-0.1, -0.05) is 17.7 Å². The summed E-state index contributed by atoms with van der Waals surface area (Å²) >= 11 is 0. The normalized spacial score (nSPS) is 11.5. The van der Waals surface area contributed by atoms with E-state index in [1.807, 2.05) is 6.92 Å². The van der Waals surface area contributed by atoms with E-state index < -0.39 is 14.9 Å². The van der Waals surface area contributed by atoms with Gasteiger partial charge in [-0.2, -0.15) is 13.5 Å². The number of methoxy groups -OCH3 is 2. The highest BCUT2D eigenvalue weighted by Crippen LogP contribution is 2.33. The monoisotopic (exact) mass is 407 g/mol. The van der Waals surface area contributed by atoms with Crippen LogP contribution in [0, 0.1) is 30.9 Å². The summed E-state index contributed by atoms with van der Waals surface area (Å²) in [5, 5.41) is 14.9. The van der Waals surface area contributed by atoms with Crippen molar-refractivity contribution in [3.05, 3.63) is 56.6 Å². The number of hydrogen-bond acceptors (Lipinski definition) is 7.